The lowest BCUT2D eigenvalue weighted by molar-refractivity contribution is 0.0318. The number of β-amino-alcohol motifs (C(OH)–C–C–N with tert-alkyl or cyclic N) is 1. The molecule has 1 saturated heterocycles. The van der Waals surface area contributed by atoms with Gasteiger partial charge in [0, 0.05) is 39.3 Å². The molecule has 0 amide bonds. The molecule has 114 valence electrons. The van der Waals surface area contributed by atoms with Gasteiger partial charge in [0.15, 0.2) is 0 Å². The first-order chi connectivity index (χ1) is 9.65. The fraction of sp³-hybridized carbons (Fsp3) is 0.733. The molecular formula is C15H26N2O3. The Morgan fingerprint density at radius 3 is 2.55 bits per heavy atom. The first-order valence-electron chi connectivity index (χ1n) is 7.43. The summed E-state index contributed by atoms with van der Waals surface area (Å²) in [5.74, 6) is 0.651. The average molecular weight is 282 g/mol. The maximum atomic E-state index is 10.1. The first kappa shape index (κ1) is 15.5. The average Bonchev–Trinajstić information content (AvgIpc) is 2.94. The van der Waals surface area contributed by atoms with E-state index in [0.29, 0.717) is 18.4 Å². The number of nitrogens with zero attached hydrogens (tertiary/aromatic N) is 2. The highest BCUT2D eigenvalue weighted by Crippen LogP contribution is 2.15. The molecule has 1 fully saturated rings. The molecule has 1 aliphatic rings. The molecule has 1 aromatic rings. The van der Waals surface area contributed by atoms with Crippen molar-refractivity contribution in [2.75, 3.05) is 45.9 Å². The molecule has 0 unspecified atom stereocenters. The Labute approximate surface area is 121 Å². The van der Waals surface area contributed by atoms with Crippen molar-refractivity contribution in [3.05, 3.63) is 24.2 Å². The Morgan fingerprint density at radius 1 is 1.25 bits per heavy atom. The van der Waals surface area contributed by atoms with Crippen LogP contribution in [0.5, 0.6) is 0 Å². The smallest absolute Gasteiger partial charge is 0.133 e. The molecule has 0 spiro atoms. The van der Waals surface area contributed by atoms with Crippen molar-refractivity contribution in [1.29, 1.82) is 0 Å². The Kier molecular flexibility index (Phi) is 6.04. The zero-order valence-electron chi connectivity index (χ0n) is 12.5. The predicted octanol–water partition coefficient (Wildman–Crippen LogP) is 1.36. The van der Waals surface area contributed by atoms with Gasteiger partial charge in [0.05, 0.1) is 19.0 Å². The van der Waals surface area contributed by atoms with Crippen LogP contribution in [0.1, 0.15) is 25.7 Å². The first-order valence-corrected chi connectivity index (χ1v) is 7.43. The number of hydrogen-bond donors (Lipinski definition) is 1. The molecule has 2 heterocycles. The SMILES string of the molecule is CC(C)OCCN1CCN(C[C@H](O)c2ccco2)CC1. The molecule has 1 N–H and O–H groups in total. The van der Waals surface area contributed by atoms with E-state index in [1.165, 1.54) is 0 Å². The molecule has 0 aliphatic carbocycles. The van der Waals surface area contributed by atoms with E-state index in [1.54, 1.807) is 6.26 Å². The van der Waals surface area contributed by atoms with Crippen molar-refractivity contribution >= 4 is 0 Å². The van der Waals surface area contributed by atoms with E-state index in [-0.39, 0.29) is 0 Å². The van der Waals surface area contributed by atoms with Crippen LogP contribution >= 0.6 is 0 Å². The van der Waals surface area contributed by atoms with Crippen LogP contribution in [0.4, 0.5) is 0 Å². The Balaban J connectivity index is 1.64. The highest BCUT2D eigenvalue weighted by molar-refractivity contribution is 5.02. The van der Waals surface area contributed by atoms with Crippen LogP contribution in [0.2, 0.25) is 0 Å². The molecule has 0 bridgehead atoms. The number of hydrogen-bond acceptors (Lipinski definition) is 5. The summed E-state index contributed by atoms with van der Waals surface area (Å²) in [6, 6.07) is 3.63. The van der Waals surface area contributed by atoms with Crippen LogP contribution in [0.15, 0.2) is 22.8 Å². The summed E-state index contributed by atoms with van der Waals surface area (Å²) >= 11 is 0. The van der Waals surface area contributed by atoms with E-state index in [2.05, 4.69) is 23.6 Å². The lowest BCUT2D eigenvalue weighted by Crippen LogP contribution is -2.48. The third-order valence-corrected chi connectivity index (χ3v) is 3.63. The summed E-state index contributed by atoms with van der Waals surface area (Å²) in [7, 11) is 0. The van der Waals surface area contributed by atoms with Crippen molar-refractivity contribution in [2.45, 2.75) is 26.1 Å². The summed E-state index contributed by atoms with van der Waals surface area (Å²) in [6.45, 7) is 10.6. The fourth-order valence-corrected chi connectivity index (χ4v) is 2.43. The Bertz CT molecular complexity index is 359. The zero-order chi connectivity index (χ0) is 14.4. The molecule has 5 heteroatoms. The van der Waals surface area contributed by atoms with Gasteiger partial charge in [-0.05, 0) is 26.0 Å². The largest absolute Gasteiger partial charge is 0.467 e. The lowest BCUT2D eigenvalue weighted by Gasteiger charge is -2.35. The van der Waals surface area contributed by atoms with Crippen molar-refractivity contribution < 1.29 is 14.3 Å². The van der Waals surface area contributed by atoms with Crippen molar-refractivity contribution in [3.8, 4) is 0 Å². The van der Waals surface area contributed by atoms with E-state index in [1.807, 2.05) is 12.1 Å². The van der Waals surface area contributed by atoms with Gasteiger partial charge in [-0.15, -0.1) is 0 Å². The maximum Gasteiger partial charge on any atom is 0.133 e. The van der Waals surface area contributed by atoms with Gasteiger partial charge in [-0.3, -0.25) is 9.80 Å². The molecule has 0 saturated carbocycles. The van der Waals surface area contributed by atoms with Crippen LogP contribution in [0, 0.1) is 0 Å². The van der Waals surface area contributed by atoms with E-state index in [9.17, 15) is 5.11 Å². The van der Waals surface area contributed by atoms with Gasteiger partial charge in [-0.1, -0.05) is 0 Å². The van der Waals surface area contributed by atoms with Gasteiger partial charge in [0.25, 0.3) is 0 Å². The maximum absolute atomic E-state index is 10.1. The molecular weight excluding hydrogens is 256 g/mol. The molecule has 20 heavy (non-hydrogen) atoms. The molecule has 1 atom stereocenters. The van der Waals surface area contributed by atoms with Crippen LogP contribution in [0.25, 0.3) is 0 Å². The number of piperazine rings is 1. The van der Waals surface area contributed by atoms with Gasteiger partial charge >= 0.3 is 0 Å². The molecule has 1 aliphatic heterocycles. The summed E-state index contributed by atoms with van der Waals surface area (Å²) < 4.78 is 10.8. The second-order valence-electron chi connectivity index (χ2n) is 5.59. The normalized spacial score (nSPS) is 19.6. The number of ether oxygens (including phenoxy) is 1. The minimum absolute atomic E-state index is 0.305. The van der Waals surface area contributed by atoms with Gasteiger partial charge in [-0.2, -0.15) is 0 Å². The van der Waals surface area contributed by atoms with Gasteiger partial charge < -0.3 is 14.3 Å². The molecule has 1 aromatic heterocycles. The standard InChI is InChI=1S/C15H26N2O3/c1-13(2)19-11-9-16-5-7-17(8-6-16)12-14(18)15-4-3-10-20-15/h3-4,10,13-14,18H,5-9,11-12H2,1-2H3/t14-/m0/s1. The Hall–Kier alpha value is -0.880. The van der Waals surface area contributed by atoms with Gasteiger partial charge in [-0.25, -0.2) is 0 Å². The van der Waals surface area contributed by atoms with Crippen LogP contribution in [-0.4, -0.2) is 66.9 Å². The van der Waals surface area contributed by atoms with Crippen LogP contribution < -0.4 is 0 Å². The van der Waals surface area contributed by atoms with Gasteiger partial charge in [0.2, 0.25) is 0 Å². The van der Waals surface area contributed by atoms with E-state index in [4.69, 9.17) is 9.15 Å². The van der Waals surface area contributed by atoms with E-state index in [0.717, 1.165) is 39.3 Å². The van der Waals surface area contributed by atoms with E-state index < -0.39 is 6.10 Å². The zero-order valence-corrected chi connectivity index (χ0v) is 12.5. The highest BCUT2D eigenvalue weighted by Gasteiger charge is 2.20. The van der Waals surface area contributed by atoms with Crippen molar-refractivity contribution in [2.24, 2.45) is 0 Å². The summed E-state index contributed by atoms with van der Waals surface area (Å²) in [4.78, 5) is 4.70. The monoisotopic (exact) mass is 282 g/mol. The topological polar surface area (TPSA) is 49.1 Å². The molecule has 0 radical (unpaired) electrons. The highest BCUT2D eigenvalue weighted by atomic mass is 16.5. The molecule has 0 aromatic carbocycles. The predicted molar refractivity (Wildman–Crippen MR) is 77.6 cm³/mol. The number of aliphatic hydroxyl groups excluding tert-OH is 1. The van der Waals surface area contributed by atoms with Crippen molar-refractivity contribution in [3.63, 3.8) is 0 Å². The van der Waals surface area contributed by atoms with Crippen LogP contribution in [0.3, 0.4) is 0 Å². The summed E-state index contributed by atoms with van der Waals surface area (Å²) in [6.07, 6.45) is 1.38. The van der Waals surface area contributed by atoms with Crippen LogP contribution in [-0.2, 0) is 4.74 Å². The fourth-order valence-electron chi connectivity index (χ4n) is 2.43. The second-order valence-corrected chi connectivity index (χ2v) is 5.59. The van der Waals surface area contributed by atoms with E-state index >= 15 is 0 Å². The lowest BCUT2D eigenvalue weighted by atomic mass is 10.2. The van der Waals surface area contributed by atoms with Crippen molar-refractivity contribution in [1.82, 2.24) is 9.80 Å². The summed E-state index contributed by atoms with van der Waals surface area (Å²) in [5.41, 5.74) is 0. The molecule has 5 nitrogen and oxygen atoms in total. The quantitative estimate of drug-likeness (QED) is 0.818. The number of aliphatic hydroxyl groups is 1. The minimum atomic E-state index is -0.527. The minimum Gasteiger partial charge on any atom is -0.467 e. The third kappa shape index (κ3) is 4.90. The second kappa shape index (κ2) is 7.78. The van der Waals surface area contributed by atoms with Gasteiger partial charge in [0.1, 0.15) is 11.9 Å². The summed E-state index contributed by atoms with van der Waals surface area (Å²) in [5, 5.41) is 10.1. The number of rotatable bonds is 7. The Morgan fingerprint density at radius 2 is 1.95 bits per heavy atom. The number of furan rings is 1. The third-order valence-electron chi connectivity index (χ3n) is 3.63. The molecule has 2 rings (SSSR count).